The SMILES string of the molecule is COc1ccc(C(Cc2ccccc2)NC(CO)(CO)CO)cc1.Cl. The van der Waals surface area contributed by atoms with Crippen LogP contribution >= 0.6 is 12.4 Å². The van der Waals surface area contributed by atoms with E-state index < -0.39 is 5.54 Å². The average Bonchev–Trinajstić information content (AvgIpc) is 2.66. The number of aliphatic hydroxyl groups excluding tert-OH is 3. The summed E-state index contributed by atoms with van der Waals surface area (Å²) in [4.78, 5) is 0. The minimum absolute atomic E-state index is 0. The van der Waals surface area contributed by atoms with Crippen molar-refractivity contribution < 1.29 is 20.1 Å². The van der Waals surface area contributed by atoms with Crippen molar-refractivity contribution in [1.82, 2.24) is 5.32 Å². The Bertz CT molecular complexity index is 594. The van der Waals surface area contributed by atoms with Gasteiger partial charge in [-0.05, 0) is 29.7 Å². The number of nitrogens with one attached hydrogen (secondary N) is 1. The summed E-state index contributed by atoms with van der Waals surface area (Å²) < 4.78 is 5.19. The van der Waals surface area contributed by atoms with E-state index in [2.05, 4.69) is 5.32 Å². The Balaban J connectivity index is 0.00000312. The van der Waals surface area contributed by atoms with Gasteiger partial charge in [0.1, 0.15) is 5.75 Å². The van der Waals surface area contributed by atoms with Crippen LogP contribution in [0.25, 0.3) is 0 Å². The van der Waals surface area contributed by atoms with Crippen LogP contribution in [-0.2, 0) is 6.42 Å². The number of ether oxygens (including phenoxy) is 1. The average molecular weight is 368 g/mol. The molecule has 0 fully saturated rings. The predicted octanol–water partition coefficient (Wildman–Crippen LogP) is 1.71. The van der Waals surface area contributed by atoms with Gasteiger partial charge in [-0.2, -0.15) is 0 Å². The van der Waals surface area contributed by atoms with Gasteiger partial charge in [0.25, 0.3) is 0 Å². The van der Waals surface area contributed by atoms with E-state index in [1.807, 2.05) is 54.6 Å². The van der Waals surface area contributed by atoms with Gasteiger partial charge in [0.2, 0.25) is 0 Å². The summed E-state index contributed by atoms with van der Waals surface area (Å²) in [6.07, 6.45) is 0.662. The quantitative estimate of drug-likeness (QED) is 0.542. The predicted molar refractivity (Wildman–Crippen MR) is 100 cm³/mol. The zero-order valence-corrected chi connectivity index (χ0v) is 15.1. The Hall–Kier alpha value is -1.63. The van der Waals surface area contributed by atoms with Crippen molar-refractivity contribution in [3.63, 3.8) is 0 Å². The number of rotatable bonds is 9. The fraction of sp³-hybridized carbons (Fsp3) is 0.368. The molecular weight excluding hydrogens is 342 g/mol. The molecule has 0 heterocycles. The van der Waals surface area contributed by atoms with E-state index in [9.17, 15) is 15.3 Å². The minimum atomic E-state index is -1.14. The molecule has 2 aromatic rings. The molecule has 2 rings (SSSR count). The Morgan fingerprint density at radius 1 is 0.920 bits per heavy atom. The van der Waals surface area contributed by atoms with E-state index in [1.54, 1.807) is 7.11 Å². The van der Waals surface area contributed by atoms with E-state index in [1.165, 1.54) is 0 Å². The molecule has 1 atom stereocenters. The molecule has 5 nitrogen and oxygen atoms in total. The van der Waals surface area contributed by atoms with Crippen molar-refractivity contribution in [1.29, 1.82) is 0 Å². The van der Waals surface area contributed by atoms with Crippen LogP contribution in [0.5, 0.6) is 5.75 Å². The molecule has 0 aliphatic carbocycles. The molecule has 0 saturated carbocycles. The number of methoxy groups -OCH3 is 1. The third-order valence-electron chi connectivity index (χ3n) is 4.19. The largest absolute Gasteiger partial charge is 0.497 e. The standard InChI is InChI=1S/C19H25NO4.ClH/c1-24-17-9-7-16(8-10-17)18(11-15-5-3-2-4-6-15)20-19(12-21,13-22)14-23;/h2-10,18,20-23H,11-14H2,1H3;1H. The molecule has 6 heteroatoms. The summed E-state index contributed by atoms with van der Waals surface area (Å²) in [7, 11) is 1.61. The van der Waals surface area contributed by atoms with Crippen molar-refractivity contribution in [2.75, 3.05) is 26.9 Å². The first kappa shape index (κ1) is 21.4. The Labute approximate surface area is 154 Å². The highest BCUT2D eigenvalue weighted by molar-refractivity contribution is 5.85. The zero-order chi connectivity index (χ0) is 17.4. The van der Waals surface area contributed by atoms with E-state index >= 15 is 0 Å². The highest BCUT2D eigenvalue weighted by Crippen LogP contribution is 2.24. The van der Waals surface area contributed by atoms with Crippen molar-refractivity contribution in [3.8, 4) is 5.75 Å². The molecular formula is C19H26ClNO4. The summed E-state index contributed by atoms with van der Waals surface area (Å²) in [6.45, 7) is -1.08. The van der Waals surface area contributed by atoms with Gasteiger partial charge >= 0.3 is 0 Å². The zero-order valence-electron chi connectivity index (χ0n) is 14.3. The molecule has 1 unspecified atom stereocenters. The second kappa shape index (κ2) is 10.4. The number of benzene rings is 2. The topological polar surface area (TPSA) is 82.0 Å². The normalized spacial score (nSPS) is 12.3. The van der Waals surface area contributed by atoms with Gasteiger partial charge < -0.3 is 20.1 Å². The molecule has 0 aromatic heterocycles. The molecule has 0 aliphatic heterocycles. The highest BCUT2D eigenvalue weighted by atomic mass is 35.5. The first-order chi connectivity index (χ1) is 11.7. The summed E-state index contributed by atoms with van der Waals surface area (Å²) >= 11 is 0. The maximum atomic E-state index is 9.62. The fourth-order valence-electron chi connectivity index (χ4n) is 2.59. The second-order valence-corrected chi connectivity index (χ2v) is 5.91. The van der Waals surface area contributed by atoms with E-state index in [0.29, 0.717) is 6.42 Å². The van der Waals surface area contributed by atoms with E-state index in [4.69, 9.17) is 4.74 Å². The number of aliphatic hydroxyl groups is 3. The molecule has 0 amide bonds. The van der Waals surface area contributed by atoms with Crippen LogP contribution in [0.1, 0.15) is 17.2 Å². The lowest BCUT2D eigenvalue weighted by atomic mass is 9.94. The molecule has 0 radical (unpaired) electrons. The molecule has 0 bridgehead atoms. The number of hydrogen-bond acceptors (Lipinski definition) is 5. The lowest BCUT2D eigenvalue weighted by Crippen LogP contribution is -2.56. The maximum Gasteiger partial charge on any atom is 0.118 e. The maximum absolute atomic E-state index is 9.62. The van der Waals surface area contributed by atoms with Crippen LogP contribution in [0.3, 0.4) is 0 Å². The van der Waals surface area contributed by atoms with Crippen LogP contribution in [0.15, 0.2) is 54.6 Å². The third-order valence-corrected chi connectivity index (χ3v) is 4.19. The summed E-state index contributed by atoms with van der Waals surface area (Å²) in [5, 5.41) is 32.1. The van der Waals surface area contributed by atoms with Gasteiger partial charge in [0.15, 0.2) is 0 Å². The smallest absolute Gasteiger partial charge is 0.118 e. The van der Waals surface area contributed by atoms with Gasteiger partial charge in [-0.15, -0.1) is 12.4 Å². The molecule has 2 aromatic carbocycles. The van der Waals surface area contributed by atoms with Crippen LogP contribution in [0.4, 0.5) is 0 Å². The Morgan fingerprint density at radius 3 is 1.96 bits per heavy atom. The lowest BCUT2D eigenvalue weighted by molar-refractivity contribution is 0.0339. The van der Waals surface area contributed by atoms with Crippen LogP contribution in [0.2, 0.25) is 0 Å². The van der Waals surface area contributed by atoms with Crippen LogP contribution in [-0.4, -0.2) is 47.8 Å². The molecule has 4 N–H and O–H groups in total. The highest BCUT2D eigenvalue weighted by Gasteiger charge is 2.31. The molecule has 0 saturated heterocycles. The monoisotopic (exact) mass is 367 g/mol. The third kappa shape index (κ3) is 5.70. The molecule has 25 heavy (non-hydrogen) atoms. The summed E-state index contributed by atoms with van der Waals surface area (Å²) in [5.74, 6) is 0.759. The first-order valence-electron chi connectivity index (χ1n) is 7.94. The number of halogens is 1. The van der Waals surface area contributed by atoms with Crippen LogP contribution in [0, 0.1) is 0 Å². The van der Waals surface area contributed by atoms with E-state index in [0.717, 1.165) is 16.9 Å². The molecule has 0 spiro atoms. The lowest BCUT2D eigenvalue weighted by Gasteiger charge is -2.34. The van der Waals surface area contributed by atoms with Gasteiger partial charge in [-0.3, -0.25) is 5.32 Å². The van der Waals surface area contributed by atoms with Crippen molar-refractivity contribution >= 4 is 12.4 Å². The van der Waals surface area contributed by atoms with Gasteiger partial charge in [0, 0.05) is 6.04 Å². The molecule has 0 aliphatic rings. The summed E-state index contributed by atoms with van der Waals surface area (Å²) in [5.41, 5.74) is 0.965. The molecule has 138 valence electrons. The van der Waals surface area contributed by atoms with Crippen molar-refractivity contribution in [2.45, 2.75) is 18.0 Å². The Morgan fingerprint density at radius 2 is 1.48 bits per heavy atom. The minimum Gasteiger partial charge on any atom is -0.497 e. The van der Waals surface area contributed by atoms with Gasteiger partial charge in [0.05, 0.1) is 32.5 Å². The second-order valence-electron chi connectivity index (χ2n) is 5.91. The van der Waals surface area contributed by atoms with E-state index in [-0.39, 0.29) is 38.3 Å². The van der Waals surface area contributed by atoms with Gasteiger partial charge in [-0.25, -0.2) is 0 Å². The van der Waals surface area contributed by atoms with Crippen molar-refractivity contribution in [2.24, 2.45) is 0 Å². The van der Waals surface area contributed by atoms with Crippen LogP contribution < -0.4 is 10.1 Å². The number of hydrogen-bond donors (Lipinski definition) is 4. The Kier molecular flexibility index (Phi) is 8.89. The first-order valence-corrected chi connectivity index (χ1v) is 7.94. The van der Waals surface area contributed by atoms with Gasteiger partial charge in [-0.1, -0.05) is 42.5 Å². The summed E-state index contributed by atoms with van der Waals surface area (Å²) in [6, 6.07) is 17.4. The van der Waals surface area contributed by atoms with Crippen molar-refractivity contribution in [3.05, 3.63) is 65.7 Å². The fourth-order valence-corrected chi connectivity index (χ4v) is 2.59.